The lowest BCUT2D eigenvalue weighted by atomic mass is 9.94. The van der Waals surface area contributed by atoms with Crippen molar-refractivity contribution >= 4 is 27.9 Å². The first-order valence-corrected chi connectivity index (χ1v) is 17.8. The van der Waals surface area contributed by atoms with Gasteiger partial charge in [0.05, 0.1) is 16.5 Å². The summed E-state index contributed by atoms with van der Waals surface area (Å²) in [7, 11) is -1.34. The van der Waals surface area contributed by atoms with Crippen LogP contribution in [0.4, 0.5) is 0 Å². The molecule has 1 N–H and O–H groups in total. The maximum Gasteiger partial charge on any atom is 0.272 e. The number of carbonyl (C=O) groups is 1. The molecule has 1 fully saturated rings. The zero-order valence-corrected chi connectivity index (χ0v) is 28.6. The molecule has 2 aromatic heterocycles. The molecule has 0 saturated carbocycles. The molecule has 3 aromatic carbocycles. The number of para-hydroxylation sites is 1. The molecule has 0 unspecified atom stereocenters. The number of nitrogens with zero attached hydrogens (tertiary/aromatic N) is 4. The Bertz CT molecular complexity index is 1930. The molecule has 5 aromatic rings. The lowest BCUT2D eigenvalue weighted by Gasteiger charge is -2.34. The van der Waals surface area contributed by atoms with E-state index in [4.69, 9.17) is 9.40 Å². The number of pyridine rings is 1. The molecule has 1 saturated heterocycles. The summed E-state index contributed by atoms with van der Waals surface area (Å²) >= 11 is 0. The number of amides is 1. The van der Waals surface area contributed by atoms with Crippen LogP contribution in [-0.4, -0.2) is 71.8 Å². The largest absolute Gasteiger partial charge is 0.456 e. The maximum atomic E-state index is 14.1. The molecule has 0 spiro atoms. The number of carbonyl (C=O) groups excluding carboxylic acids is 1. The minimum Gasteiger partial charge on any atom is -0.456 e. The lowest BCUT2D eigenvalue weighted by Crippen LogP contribution is -2.48. The van der Waals surface area contributed by atoms with Crippen molar-refractivity contribution in [3.63, 3.8) is 0 Å². The highest BCUT2D eigenvalue weighted by molar-refractivity contribution is 7.84. The van der Waals surface area contributed by atoms with Crippen LogP contribution in [0.5, 0.6) is 0 Å². The number of aromatic nitrogens is 1. The first kappa shape index (κ1) is 32.4. The van der Waals surface area contributed by atoms with Crippen molar-refractivity contribution in [1.82, 2.24) is 19.1 Å². The second kappa shape index (κ2) is 13.4. The predicted octanol–water partition coefficient (Wildman–Crippen LogP) is 6.82. The highest BCUT2D eigenvalue weighted by Gasteiger charge is 2.41. The molecule has 0 bridgehead atoms. The van der Waals surface area contributed by atoms with Gasteiger partial charge in [0.2, 0.25) is 0 Å². The average molecular weight is 663 g/mol. The van der Waals surface area contributed by atoms with Gasteiger partial charge in [-0.1, -0.05) is 66.7 Å². The summed E-state index contributed by atoms with van der Waals surface area (Å²) < 4.78 is 21.5. The maximum absolute atomic E-state index is 14.1. The van der Waals surface area contributed by atoms with Crippen LogP contribution in [-0.2, 0) is 24.1 Å². The molecule has 248 valence electrons. The van der Waals surface area contributed by atoms with Crippen LogP contribution in [0.1, 0.15) is 60.4 Å². The summed E-state index contributed by atoms with van der Waals surface area (Å²) in [4.78, 5) is 23.5. The van der Waals surface area contributed by atoms with E-state index in [0.717, 1.165) is 58.6 Å². The fourth-order valence-electron chi connectivity index (χ4n) is 6.86. The Balaban J connectivity index is 1.25. The SMILES string of the molecule is CC(C)(C)[S@@](=O)N1Cc2cc(C(=O)N3CCN(Cc4ccccc4)CC3)nc(-c3cccc(-c4cc5ccccc5o4)c3)c2[C@H]1CCO. The van der Waals surface area contributed by atoms with Crippen LogP contribution < -0.4 is 0 Å². The molecule has 2 aliphatic rings. The van der Waals surface area contributed by atoms with E-state index >= 15 is 0 Å². The molecule has 0 aliphatic carbocycles. The van der Waals surface area contributed by atoms with E-state index in [9.17, 15) is 14.1 Å². The van der Waals surface area contributed by atoms with Crippen LogP contribution in [0.3, 0.4) is 0 Å². The van der Waals surface area contributed by atoms with Crippen molar-refractivity contribution in [2.75, 3.05) is 32.8 Å². The molecule has 2 atom stereocenters. The third-order valence-corrected chi connectivity index (χ3v) is 11.1. The van der Waals surface area contributed by atoms with Crippen LogP contribution in [0.25, 0.3) is 33.6 Å². The normalized spacial score (nSPS) is 17.9. The van der Waals surface area contributed by atoms with Crippen LogP contribution >= 0.6 is 0 Å². The van der Waals surface area contributed by atoms with Gasteiger partial charge in [0.15, 0.2) is 0 Å². The van der Waals surface area contributed by atoms with Crippen LogP contribution in [0.2, 0.25) is 0 Å². The number of aliphatic hydroxyl groups excluding tert-OH is 1. The van der Waals surface area contributed by atoms with Crippen molar-refractivity contribution in [1.29, 1.82) is 0 Å². The van der Waals surface area contributed by atoms with Gasteiger partial charge in [0.25, 0.3) is 5.91 Å². The zero-order valence-electron chi connectivity index (χ0n) is 27.8. The van der Waals surface area contributed by atoms with Gasteiger partial charge >= 0.3 is 0 Å². The summed E-state index contributed by atoms with van der Waals surface area (Å²) in [6, 6.07) is 30.0. The molecule has 7 rings (SSSR count). The van der Waals surface area contributed by atoms with Crippen molar-refractivity contribution < 1.29 is 18.5 Å². The topological polar surface area (TPSA) is 90.1 Å². The summed E-state index contributed by atoms with van der Waals surface area (Å²) in [5.41, 5.74) is 6.75. The Labute approximate surface area is 284 Å². The van der Waals surface area contributed by atoms with E-state index in [2.05, 4.69) is 35.2 Å². The Hall–Kier alpha value is -4.15. The third kappa shape index (κ3) is 6.48. The number of furan rings is 1. The van der Waals surface area contributed by atoms with E-state index in [1.165, 1.54) is 5.56 Å². The molecular formula is C39H42N4O4S. The van der Waals surface area contributed by atoms with Crippen molar-refractivity contribution in [3.05, 3.63) is 113 Å². The second-order valence-electron chi connectivity index (χ2n) is 13.7. The number of fused-ring (bicyclic) bond motifs is 2. The van der Waals surface area contributed by atoms with Crippen LogP contribution in [0, 0.1) is 0 Å². The highest BCUT2D eigenvalue weighted by atomic mass is 32.2. The van der Waals surface area contributed by atoms with E-state index in [0.29, 0.717) is 37.4 Å². The molecule has 8 nitrogen and oxygen atoms in total. The second-order valence-corrected chi connectivity index (χ2v) is 15.9. The molecule has 9 heteroatoms. The Kier molecular flexibility index (Phi) is 9.04. The first-order valence-electron chi connectivity index (χ1n) is 16.7. The fourth-order valence-corrected chi connectivity index (χ4v) is 8.26. The van der Waals surface area contributed by atoms with Gasteiger partial charge in [0.1, 0.15) is 28.0 Å². The van der Waals surface area contributed by atoms with Gasteiger partial charge in [-0.15, -0.1) is 0 Å². The van der Waals surface area contributed by atoms with Gasteiger partial charge in [-0.2, -0.15) is 0 Å². The van der Waals surface area contributed by atoms with Gasteiger partial charge in [0, 0.05) is 68.0 Å². The van der Waals surface area contributed by atoms with Gasteiger partial charge in [-0.25, -0.2) is 13.5 Å². The number of hydrogen-bond acceptors (Lipinski definition) is 6. The number of hydrogen-bond donors (Lipinski definition) is 1. The van der Waals surface area contributed by atoms with Crippen molar-refractivity contribution in [2.24, 2.45) is 0 Å². The van der Waals surface area contributed by atoms with E-state index in [1.54, 1.807) is 0 Å². The standard InChI is InChI=1S/C39H42N4O4S/c1-39(2,3)48(46)43-26-31-23-32(38(45)42-19-17-41(18-20-42)25-27-10-5-4-6-11-27)40-37(36(31)33(43)16-21-44)30-14-9-13-28(22-30)35-24-29-12-7-8-15-34(29)47-35/h4-15,22-24,33,44H,16-21,25-26H2,1-3H3/t33-,48-/m1/s1. The van der Waals surface area contributed by atoms with Gasteiger partial charge in [-0.05, 0) is 62.6 Å². The third-order valence-electron chi connectivity index (χ3n) is 9.26. The summed E-state index contributed by atoms with van der Waals surface area (Å²) in [5, 5.41) is 11.2. The van der Waals surface area contributed by atoms with E-state index in [-0.39, 0.29) is 18.6 Å². The zero-order chi connectivity index (χ0) is 33.4. The molecule has 48 heavy (non-hydrogen) atoms. The molecule has 1 amide bonds. The molecule has 4 heterocycles. The monoisotopic (exact) mass is 662 g/mol. The molecular weight excluding hydrogens is 621 g/mol. The number of aliphatic hydroxyl groups is 1. The van der Waals surface area contributed by atoms with E-state index in [1.807, 2.05) is 90.6 Å². The predicted molar refractivity (Wildman–Crippen MR) is 190 cm³/mol. The quantitative estimate of drug-likeness (QED) is 0.196. The lowest BCUT2D eigenvalue weighted by molar-refractivity contribution is 0.0622. The number of rotatable bonds is 8. The molecule has 0 radical (unpaired) electrons. The minimum absolute atomic E-state index is 0.0612. The van der Waals surface area contributed by atoms with E-state index < -0.39 is 15.7 Å². The Morgan fingerprint density at radius 3 is 2.38 bits per heavy atom. The minimum atomic E-state index is -1.34. The Morgan fingerprint density at radius 1 is 0.917 bits per heavy atom. The summed E-state index contributed by atoms with van der Waals surface area (Å²) in [6.07, 6.45) is 0.406. The number of piperazine rings is 1. The highest BCUT2D eigenvalue weighted by Crippen LogP contribution is 2.44. The van der Waals surface area contributed by atoms with Gasteiger partial charge in [-0.3, -0.25) is 9.69 Å². The summed E-state index contributed by atoms with van der Waals surface area (Å²) in [5.74, 6) is 0.652. The summed E-state index contributed by atoms with van der Waals surface area (Å²) in [6.45, 7) is 9.91. The average Bonchev–Trinajstić information content (AvgIpc) is 3.70. The van der Waals surface area contributed by atoms with Crippen LogP contribution in [0.15, 0.2) is 95.4 Å². The van der Waals surface area contributed by atoms with Crippen molar-refractivity contribution in [3.8, 4) is 22.6 Å². The first-order chi connectivity index (χ1) is 23.2. The Morgan fingerprint density at radius 2 is 1.65 bits per heavy atom. The number of benzene rings is 3. The van der Waals surface area contributed by atoms with Gasteiger partial charge < -0.3 is 14.4 Å². The smallest absolute Gasteiger partial charge is 0.272 e. The van der Waals surface area contributed by atoms with Crippen molar-refractivity contribution in [2.45, 2.75) is 51.1 Å². The fraction of sp³-hybridized carbons (Fsp3) is 0.333. The molecule has 2 aliphatic heterocycles.